The van der Waals surface area contributed by atoms with Crippen molar-refractivity contribution in [1.82, 2.24) is 10.2 Å². The number of nitrogens with zero attached hydrogens (tertiary/aromatic N) is 2. The summed E-state index contributed by atoms with van der Waals surface area (Å²) in [4.78, 5) is 28.2. The van der Waals surface area contributed by atoms with Crippen LogP contribution in [-0.4, -0.2) is 64.2 Å². The maximum atomic E-state index is 13.7. The fraction of sp³-hybridized carbons (Fsp3) is 0.462. The molecule has 11 heteroatoms. The number of amides is 2. The van der Waals surface area contributed by atoms with Crippen molar-refractivity contribution in [3.63, 3.8) is 0 Å². The van der Waals surface area contributed by atoms with E-state index >= 15 is 0 Å². The van der Waals surface area contributed by atoms with Crippen LogP contribution in [-0.2, 0) is 26.2 Å². The number of carbonyl (C=O) groups is 2. The molecule has 0 aliphatic heterocycles. The SMILES string of the molecule is CCC(C)NC(=O)C(CC)N(Cc1ccc(F)cc1)C(=O)CN(c1ccc(OC)cc1OC)S(C)(=O)=O. The summed E-state index contributed by atoms with van der Waals surface area (Å²) < 4.78 is 50.6. The van der Waals surface area contributed by atoms with Crippen LogP contribution in [0.5, 0.6) is 11.5 Å². The molecule has 37 heavy (non-hydrogen) atoms. The third kappa shape index (κ3) is 8.08. The maximum absolute atomic E-state index is 13.7. The van der Waals surface area contributed by atoms with Crippen LogP contribution in [0.1, 0.15) is 39.2 Å². The van der Waals surface area contributed by atoms with E-state index in [-0.39, 0.29) is 29.9 Å². The van der Waals surface area contributed by atoms with Gasteiger partial charge < -0.3 is 19.7 Å². The fourth-order valence-electron chi connectivity index (χ4n) is 3.73. The Bertz CT molecular complexity index is 1170. The van der Waals surface area contributed by atoms with Crippen molar-refractivity contribution in [1.29, 1.82) is 0 Å². The first kappa shape index (κ1) is 29.9. The first-order valence-corrected chi connectivity index (χ1v) is 13.8. The summed E-state index contributed by atoms with van der Waals surface area (Å²) in [6.07, 6.45) is 1.98. The maximum Gasteiger partial charge on any atom is 0.244 e. The molecule has 2 aromatic rings. The Kier molecular flexibility index (Phi) is 10.7. The van der Waals surface area contributed by atoms with Gasteiger partial charge in [0.15, 0.2) is 0 Å². The van der Waals surface area contributed by atoms with Crippen molar-refractivity contribution in [2.75, 3.05) is 31.3 Å². The Hall–Kier alpha value is -3.34. The van der Waals surface area contributed by atoms with Crippen LogP contribution in [0.3, 0.4) is 0 Å². The molecule has 0 bridgehead atoms. The number of sulfonamides is 1. The largest absolute Gasteiger partial charge is 0.497 e. The Morgan fingerprint density at radius 3 is 2.19 bits per heavy atom. The highest BCUT2D eigenvalue weighted by Crippen LogP contribution is 2.33. The Morgan fingerprint density at radius 2 is 1.68 bits per heavy atom. The molecular weight excluding hydrogens is 501 g/mol. The second-order valence-electron chi connectivity index (χ2n) is 8.70. The van der Waals surface area contributed by atoms with E-state index in [1.807, 2.05) is 13.8 Å². The molecule has 2 rings (SSSR count). The molecule has 2 aromatic carbocycles. The molecule has 2 unspecified atom stereocenters. The van der Waals surface area contributed by atoms with Gasteiger partial charge in [-0.05, 0) is 49.6 Å². The van der Waals surface area contributed by atoms with Crippen LogP contribution in [0.25, 0.3) is 0 Å². The average Bonchev–Trinajstić information content (AvgIpc) is 2.86. The number of hydrogen-bond donors (Lipinski definition) is 1. The number of rotatable bonds is 13. The molecule has 0 fully saturated rings. The van der Waals surface area contributed by atoms with Crippen molar-refractivity contribution in [2.45, 2.75) is 52.2 Å². The van der Waals surface area contributed by atoms with E-state index in [2.05, 4.69) is 5.32 Å². The summed E-state index contributed by atoms with van der Waals surface area (Å²) in [6.45, 7) is 4.98. The minimum absolute atomic E-state index is 0.0110. The van der Waals surface area contributed by atoms with Gasteiger partial charge in [-0.1, -0.05) is 26.0 Å². The van der Waals surface area contributed by atoms with Crippen molar-refractivity contribution in [2.24, 2.45) is 0 Å². The van der Waals surface area contributed by atoms with Crippen molar-refractivity contribution < 1.29 is 31.9 Å². The highest BCUT2D eigenvalue weighted by Gasteiger charge is 2.33. The van der Waals surface area contributed by atoms with Gasteiger partial charge in [0.2, 0.25) is 21.8 Å². The molecule has 2 amide bonds. The molecule has 9 nitrogen and oxygen atoms in total. The molecule has 0 saturated heterocycles. The molecule has 1 N–H and O–H groups in total. The van der Waals surface area contributed by atoms with Crippen LogP contribution in [0.4, 0.5) is 10.1 Å². The number of halogens is 1. The average molecular weight is 538 g/mol. The van der Waals surface area contributed by atoms with Gasteiger partial charge >= 0.3 is 0 Å². The van der Waals surface area contributed by atoms with Crippen LogP contribution < -0.4 is 19.1 Å². The number of hydrogen-bond acceptors (Lipinski definition) is 6. The lowest BCUT2D eigenvalue weighted by molar-refractivity contribution is -0.140. The summed E-state index contributed by atoms with van der Waals surface area (Å²) in [5.41, 5.74) is 0.746. The summed E-state index contributed by atoms with van der Waals surface area (Å²) in [6, 6.07) is 9.17. The third-order valence-corrected chi connectivity index (χ3v) is 7.11. The van der Waals surface area contributed by atoms with Gasteiger partial charge in [0, 0.05) is 18.7 Å². The highest BCUT2D eigenvalue weighted by molar-refractivity contribution is 7.92. The molecule has 0 aliphatic carbocycles. The van der Waals surface area contributed by atoms with E-state index < -0.39 is 34.3 Å². The van der Waals surface area contributed by atoms with Gasteiger partial charge in [-0.25, -0.2) is 12.8 Å². The van der Waals surface area contributed by atoms with Crippen LogP contribution in [0.15, 0.2) is 42.5 Å². The molecule has 0 saturated carbocycles. The predicted octanol–water partition coefficient (Wildman–Crippen LogP) is 3.33. The zero-order chi connectivity index (χ0) is 27.8. The molecule has 0 radical (unpaired) electrons. The van der Waals surface area contributed by atoms with E-state index in [0.717, 1.165) is 10.6 Å². The van der Waals surface area contributed by atoms with Gasteiger partial charge in [0.25, 0.3) is 0 Å². The number of carbonyl (C=O) groups excluding carboxylic acids is 2. The minimum atomic E-state index is -3.94. The van der Waals surface area contributed by atoms with Gasteiger partial charge in [0.1, 0.15) is 29.9 Å². The summed E-state index contributed by atoms with van der Waals surface area (Å²) >= 11 is 0. The lowest BCUT2D eigenvalue weighted by Crippen LogP contribution is -2.53. The van der Waals surface area contributed by atoms with Gasteiger partial charge in [-0.3, -0.25) is 13.9 Å². The van der Waals surface area contributed by atoms with Gasteiger partial charge in [-0.15, -0.1) is 0 Å². The van der Waals surface area contributed by atoms with Crippen LogP contribution in [0, 0.1) is 5.82 Å². The molecule has 0 aromatic heterocycles. The zero-order valence-electron chi connectivity index (χ0n) is 22.2. The molecule has 0 heterocycles. The van der Waals surface area contributed by atoms with E-state index in [0.29, 0.717) is 24.2 Å². The first-order valence-electron chi connectivity index (χ1n) is 12.0. The number of methoxy groups -OCH3 is 2. The molecule has 204 valence electrons. The second kappa shape index (κ2) is 13.3. The van der Waals surface area contributed by atoms with Gasteiger partial charge in [-0.2, -0.15) is 0 Å². The fourth-order valence-corrected chi connectivity index (χ4v) is 4.59. The second-order valence-corrected chi connectivity index (χ2v) is 10.6. The van der Waals surface area contributed by atoms with E-state index in [9.17, 15) is 22.4 Å². The van der Waals surface area contributed by atoms with Crippen LogP contribution in [0.2, 0.25) is 0 Å². The van der Waals surface area contributed by atoms with Crippen molar-refractivity contribution in [3.05, 3.63) is 53.8 Å². The van der Waals surface area contributed by atoms with Gasteiger partial charge in [0.05, 0.1) is 26.2 Å². The monoisotopic (exact) mass is 537 g/mol. The Morgan fingerprint density at radius 1 is 1.03 bits per heavy atom. The highest BCUT2D eigenvalue weighted by atomic mass is 32.2. The van der Waals surface area contributed by atoms with E-state index in [1.165, 1.54) is 55.5 Å². The minimum Gasteiger partial charge on any atom is -0.497 e. The van der Waals surface area contributed by atoms with E-state index in [1.54, 1.807) is 13.0 Å². The Labute approximate surface area is 218 Å². The number of ether oxygens (including phenoxy) is 2. The van der Waals surface area contributed by atoms with Crippen LogP contribution >= 0.6 is 0 Å². The number of benzene rings is 2. The summed E-state index contributed by atoms with van der Waals surface area (Å²) in [5.74, 6) is -0.729. The first-order chi connectivity index (χ1) is 17.4. The number of anilines is 1. The topological polar surface area (TPSA) is 105 Å². The normalized spacial score (nSPS) is 12.8. The van der Waals surface area contributed by atoms with Crippen molar-refractivity contribution in [3.8, 4) is 11.5 Å². The molecular formula is C26H36FN3O6S. The zero-order valence-corrected chi connectivity index (χ0v) is 23.0. The van der Waals surface area contributed by atoms with E-state index in [4.69, 9.17) is 9.47 Å². The third-order valence-electron chi connectivity index (χ3n) is 5.99. The molecule has 0 aliphatic rings. The van der Waals surface area contributed by atoms with Crippen molar-refractivity contribution >= 4 is 27.5 Å². The standard InChI is InChI=1S/C26H36FN3O6S/c1-7-18(3)28-26(32)22(8-2)29(16-19-9-11-20(27)12-10-19)25(31)17-30(37(6,33)34)23-14-13-21(35-4)15-24(23)36-5/h9-15,18,22H,7-8,16-17H2,1-6H3,(H,28,32). The molecule has 0 spiro atoms. The lowest BCUT2D eigenvalue weighted by atomic mass is 10.1. The summed E-state index contributed by atoms with van der Waals surface area (Å²) in [7, 11) is -1.09. The Balaban J connectivity index is 2.50. The predicted molar refractivity (Wildman–Crippen MR) is 141 cm³/mol. The molecule has 2 atom stereocenters. The number of nitrogens with one attached hydrogen (secondary N) is 1. The lowest BCUT2D eigenvalue weighted by Gasteiger charge is -2.33. The quantitative estimate of drug-likeness (QED) is 0.420. The summed E-state index contributed by atoms with van der Waals surface area (Å²) in [5, 5.41) is 2.90. The smallest absolute Gasteiger partial charge is 0.244 e.